The lowest BCUT2D eigenvalue weighted by atomic mass is 10.0. The van der Waals surface area contributed by atoms with E-state index in [4.69, 9.17) is 13.6 Å². The molecule has 0 aliphatic rings. The molecule has 174 valence electrons. The standard InChI is InChI=1S/C28H22N2O5/c1-16-8-13-23-21(14-24(31)34-25(23)18(16)3)15-33-28(32)20-11-9-19(10-12-20)26-29-30-27(35-26)22-7-5-4-6-17(22)2/h4-14H,15H2,1-3H3. The van der Waals surface area contributed by atoms with Crippen molar-refractivity contribution < 1.29 is 18.4 Å². The largest absolute Gasteiger partial charge is 0.457 e. The molecule has 0 radical (unpaired) electrons. The Labute approximate surface area is 201 Å². The quantitative estimate of drug-likeness (QED) is 0.239. The van der Waals surface area contributed by atoms with Gasteiger partial charge in [-0.2, -0.15) is 0 Å². The van der Waals surface area contributed by atoms with E-state index in [0.717, 1.165) is 27.6 Å². The van der Waals surface area contributed by atoms with Crippen LogP contribution in [0.3, 0.4) is 0 Å². The predicted octanol–water partition coefficient (Wildman–Crippen LogP) is 5.79. The van der Waals surface area contributed by atoms with Gasteiger partial charge in [0.25, 0.3) is 0 Å². The number of benzene rings is 3. The first-order chi connectivity index (χ1) is 16.9. The highest BCUT2D eigenvalue weighted by Crippen LogP contribution is 2.27. The van der Waals surface area contributed by atoms with Gasteiger partial charge in [-0.3, -0.25) is 0 Å². The monoisotopic (exact) mass is 466 g/mol. The van der Waals surface area contributed by atoms with E-state index in [1.165, 1.54) is 6.07 Å². The highest BCUT2D eigenvalue weighted by molar-refractivity contribution is 5.90. The average molecular weight is 466 g/mol. The van der Waals surface area contributed by atoms with Crippen molar-refractivity contribution in [2.45, 2.75) is 27.4 Å². The molecule has 35 heavy (non-hydrogen) atoms. The normalized spacial score (nSPS) is 11.1. The van der Waals surface area contributed by atoms with Crippen molar-refractivity contribution in [2.75, 3.05) is 0 Å². The van der Waals surface area contributed by atoms with Gasteiger partial charge in [-0.05, 0) is 67.8 Å². The van der Waals surface area contributed by atoms with Crippen LogP contribution in [0.15, 0.2) is 80.4 Å². The molecular weight excluding hydrogens is 444 g/mol. The van der Waals surface area contributed by atoms with Crippen LogP contribution in [0.25, 0.3) is 33.9 Å². The van der Waals surface area contributed by atoms with Crippen LogP contribution in [0.4, 0.5) is 0 Å². The molecule has 0 saturated heterocycles. The molecule has 0 N–H and O–H groups in total. The van der Waals surface area contributed by atoms with Gasteiger partial charge in [-0.1, -0.05) is 30.3 Å². The van der Waals surface area contributed by atoms with Crippen molar-refractivity contribution in [3.63, 3.8) is 0 Å². The summed E-state index contributed by atoms with van der Waals surface area (Å²) in [6.45, 7) is 5.77. The summed E-state index contributed by atoms with van der Waals surface area (Å²) < 4.78 is 16.7. The molecule has 0 atom stereocenters. The highest BCUT2D eigenvalue weighted by Gasteiger charge is 2.15. The maximum Gasteiger partial charge on any atom is 0.338 e. The number of aryl methyl sites for hydroxylation is 3. The van der Waals surface area contributed by atoms with Gasteiger partial charge < -0.3 is 13.6 Å². The van der Waals surface area contributed by atoms with E-state index in [-0.39, 0.29) is 6.61 Å². The van der Waals surface area contributed by atoms with Gasteiger partial charge in [0, 0.05) is 28.1 Å². The first kappa shape index (κ1) is 22.3. The zero-order valence-corrected chi connectivity index (χ0v) is 19.5. The third-order valence-corrected chi connectivity index (χ3v) is 6.04. The van der Waals surface area contributed by atoms with Crippen LogP contribution in [0, 0.1) is 20.8 Å². The number of hydrogen-bond donors (Lipinski definition) is 0. The van der Waals surface area contributed by atoms with E-state index >= 15 is 0 Å². The zero-order valence-electron chi connectivity index (χ0n) is 19.5. The molecule has 0 aliphatic carbocycles. The smallest absolute Gasteiger partial charge is 0.338 e. The Kier molecular flexibility index (Phi) is 5.74. The lowest BCUT2D eigenvalue weighted by molar-refractivity contribution is 0.0474. The molecule has 5 aromatic rings. The average Bonchev–Trinajstić information content (AvgIpc) is 3.35. The molecular formula is C28H22N2O5. The van der Waals surface area contributed by atoms with Crippen molar-refractivity contribution in [3.05, 3.63) is 105 Å². The summed E-state index contributed by atoms with van der Waals surface area (Å²) >= 11 is 0. The van der Waals surface area contributed by atoms with Gasteiger partial charge >= 0.3 is 11.6 Å². The molecule has 7 nitrogen and oxygen atoms in total. The molecule has 5 rings (SSSR count). The fourth-order valence-corrected chi connectivity index (χ4v) is 3.88. The maximum absolute atomic E-state index is 12.7. The van der Waals surface area contributed by atoms with E-state index in [1.54, 1.807) is 24.3 Å². The summed E-state index contributed by atoms with van der Waals surface area (Å²) in [7, 11) is 0. The second-order valence-corrected chi connectivity index (χ2v) is 8.36. The van der Waals surface area contributed by atoms with Crippen LogP contribution >= 0.6 is 0 Å². The van der Waals surface area contributed by atoms with Gasteiger partial charge in [-0.15, -0.1) is 10.2 Å². The van der Waals surface area contributed by atoms with Crippen molar-refractivity contribution in [1.29, 1.82) is 0 Å². The molecule has 7 heteroatoms. The summed E-state index contributed by atoms with van der Waals surface area (Å²) in [4.78, 5) is 24.7. The van der Waals surface area contributed by atoms with E-state index in [9.17, 15) is 9.59 Å². The lowest BCUT2D eigenvalue weighted by Gasteiger charge is -2.10. The number of aromatic nitrogens is 2. The van der Waals surface area contributed by atoms with Crippen molar-refractivity contribution in [1.82, 2.24) is 10.2 Å². The van der Waals surface area contributed by atoms with Crippen LogP contribution in [0.2, 0.25) is 0 Å². The number of rotatable bonds is 5. The maximum atomic E-state index is 12.7. The molecule has 0 fully saturated rings. The fourth-order valence-electron chi connectivity index (χ4n) is 3.88. The molecule has 0 saturated carbocycles. The SMILES string of the molecule is Cc1ccccc1-c1nnc(-c2ccc(C(=O)OCc3cc(=O)oc4c(C)c(C)ccc34)cc2)o1. The zero-order chi connectivity index (χ0) is 24.5. The van der Waals surface area contributed by atoms with Gasteiger partial charge in [0.15, 0.2) is 0 Å². The van der Waals surface area contributed by atoms with Crippen molar-refractivity contribution >= 4 is 16.9 Å². The topological polar surface area (TPSA) is 95.4 Å². The molecule has 2 heterocycles. The second kappa shape index (κ2) is 9.02. The number of carbonyl (C=O) groups excluding carboxylic acids is 1. The minimum atomic E-state index is -0.507. The van der Waals surface area contributed by atoms with E-state index in [0.29, 0.717) is 34.1 Å². The van der Waals surface area contributed by atoms with Gasteiger partial charge in [0.05, 0.1) is 5.56 Å². The van der Waals surface area contributed by atoms with Crippen LogP contribution in [0.5, 0.6) is 0 Å². The van der Waals surface area contributed by atoms with E-state index in [2.05, 4.69) is 10.2 Å². The molecule has 0 amide bonds. The van der Waals surface area contributed by atoms with Gasteiger partial charge in [-0.25, -0.2) is 9.59 Å². The fraction of sp³-hybridized carbons (Fsp3) is 0.143. The summed E-state index contributed by atoms with van der Waals surface area (Å²) in [5.74, 6) is 0.288. The third kappa shape index (κ3) is 4.36. The Morgan fingerprint density at radius 3 is 2.37 bits per heavy atom. The Balaban J connectivity index is 1.32. The first-order valence-electron chi connectivity index (χ1n) is 11.1. The predicted molar refractivity (Wildman–Crippen MR) is 131 cm³/mol. The van der Waals surface area contributed by atoms with Crippen LogP contribution in [-0.4, -0.2) is 16.2 Å². The second-order valence-electron chi connectivity index (χ2n) is 8.36. The summed E-state index contributed by atoms with van der Waals surface area (Å²) in [6, 6.07) is 19.7. The van der Waals surface area contributed by atoms with E-state index < -0.39 is 11.6 Å². The number of fused-ring (bicyclic) bond motifs is 1. The Bertz CT molecular complexity index is 1610. The highest BCUT2D eigenvalue weighted by atomic mass is 16.5. The Hall–Kier alpha value is -4.52. The van der Waals surface area contributed by atoms with Crippen LogP contribution < -0.4 is 5.63 Å². The van der Waals surface area contributed by atoms with Crippen molar-refractivity contribution in [3.8, 4) is 22.9 Å². The number of ether oxygens (including phenoxy) is 1. The number of hydrogen-bond acceptors (Lipinski definition) is 7. The first-order valence-corrected chi connectivity index (χ1v) is 11.1. The summed E-state index contributed by atoms with van der Waals surface area (Å²) in [5, 5.41) is 9.03. The van der Waals surface area contributed by atoms with Gasteiger partial charge in [0.1, 0.15) is 12.2 Å². The molecule has 0 spiro atoms. The van der Waals surface area contributed by atoms with E-state index in [1.807, 2.05) is 57.2 Å². The molecule has 3 aromatic carbocycles. The summed E-state index contributed by atoms with van der Waals surface area (Å²) in [6.07, 6.45) is 0. The molecule has 0 unspecified atom stereocenters. The molecule has 0 bridgehead atoms. The lowest BCUT2D eigenvalue weighted by Crippen LogP contribution is -2.08. The van der Waals surface area contributed by atoms with Crippen molar-refractivity contribution in [2.24, 2.45) is 0 Å². The Morgan fingerprint density at radius 2 is 1.60 bits per heavy atom. The number of esters is 1. The molecule has 2 aromatic heterocycles. The minimum absolute atomic E-state index is 0.0470. The Morgan fingerprint density at radius 1 is 0.857 bits per heavy atom. The summed E-state index contributed by atoms with van der Waals surface area (Å²) in [5.41, 5.74) is 5.49. The third-order valence-electron chi connectivity index (χ3n) is 6.04. The number of carbonyl (C=O) groups is 1. The van der Waals surface area contributed by atoms with Gasteiger partial charge in [0.2, 0.25) is 11.8 Å². The number of nitrogens with zero attached hydrogens (tertiary/aromatic N) is 2. The molecule has 0 aliphatic heterocycles. The van der Waals surface area contributed by atoms with Crippen LogP contribution in [-0.2, 0) is 11.3 Å². The minimum Gasteiger partial charge on any atom is -0.457 e. The van der Waals surface area contributed by atoms with Crippen LogP contribution in [0.1, 0.15) is 32.6 Å².